The van der Waals surface area contributed by atoms with Crippen molar-refractivity contribution in [2.45, 2.75) is 20.4 Å². The number of halogens is 2. The smallest absolute Gasteiger partial charge is 0.258 e. The van der Waals surface area contributed by atoms with Gasteiger partial charge in [-0.3, -0.25) is 4.79 Å². The van der Waals surface area contributed by atoms with Crippen molar-refractivity contribution in [2.75, 3.05) is 5.32 Å². The lowest BCUT2D eigenvalue weighted by Crippen LogP contribution is -2.13. The first-order chi connectivity index (χ1) is 11.0. The van der Waals surface area contributed by atoms with Crippen LogP contribution in [0.1, 0.15) is 23.0 Å². The second kappa shape index (κ2) is 6.18. The standard InChI is InChI=1S/C16H14Cl2N4O/c1-3-22-15-13(9(2)21-22)14(18)12(8-19-15)16(23)20-11-6-4-10(17)5-7-11/h4-8H,3H2,1-2H3,(H,20,23). The zero-order valence-corrected chi connectivity index (χ0v) is 14.1. The largest absolute Gasteiger partial charge is 0.322 e. The Labute approximate surface area is 143 Å². The number of aryl methyl sites for hydroxylation is 2. The molecule has 0 bridgehead atoms. The van der Waals surface area contributed by atoms with Crippen LogP contribution in [0.15, 0.2) is 30.5 Å². The van der Waals surface area contributed by atoms with E-state index >= 15 is 0 Å². The van der Waals surface area contributed by atoms with Gasteiger partial charge in [-0.1, -0.05) is 23.2 Å². The SMILES string of the molecule is CCn1nc(C)c2c(Cl)c(C(=O)Nc3ccc(Cl)cc3)cnc21. The predicted molar refractivity (Wildman–Crippen MR) is 92.4 cm³/mol. The summed E-state index contributed by atoms with van der Waals surface area (Å²) in [5.74, 6) is -0.324. The number of pyridine rings is 1. The van der Waals surface area contributed by atoms with E-state index in [1.165, 1.54) is 6.20 Å². The van der Waals surface area contributed by atoms with Gasteiger partial charge >= 0.3 is 0 Å². The molecule has 0 saturated heterocycles. The molecule has 0 aliphatic carbocycles. The number of nitrogens with zero attached hydrogens (tertiary/aromatic N) is 3. The summed E-state index contributed by atoms with van der Waals surface area (Å²) in [4.78, 5) is 16.8. The summed E-state index contributed by atoms with van der Waals surface area (Å²) < 4.78 is 1.76. The highest BCUT2D eigenvalue weighted by Crippen LogP contribution is 2.29. The first-order valence-electron chi connectivity index (χ1n) is 7.09. The number of hydrogen-bond acceptors (Lipinski definition) is 3. The normalized spacial score (nSPS) is 11.0. The summed E-state index contributed by atoms with van der Waals surface area (Å²) in [6, 6.07) is 6.85. The maximum absolute atomic E-state index is 12.5. The van der Waals surface area contributed by atoms with Gasteiger partial charge in [0.15, 0.2) is 5.65 Å². The van der Waals surface area contributed by atoms with Crippen LogP contribution in [-0.4, -0.2) is 20.7 Å². The predicted octanol–water partition coefficient (Wildman–Crippen LogP) is 4.32. The van der Waals surface area contributed by atoms with E-state index in [1.807, 2.05) is 13.8 Å². The summed E-state index contributed by atoms with van der Waals surface area (Å²) in [5, 5.41) is 8.84. The molecule has 5 nitrogen and oxygen atoms in total. The van der Waals surface area contributed by atoms with Crippen LogP contribution in [0.3, 0.4) is 0 Å². The molecule has 1 amide bonds. The van der Waals surface area contributed by atoms with Gasteiger partial charge in [-0.15, -0.1) is 0 Å². The van der Waals surface area contributed by atoms with Crippen molar-refractivity contribution in [3.63, 3.8) is 0 Å². The second-order valence-corrected chi connectivity index (χ2v) is 5.86. The van der Waals surface area contributed by atoms with Crippen LogP contribution in [0.4, 0.5) is 5.69 Å². The van der Waals surface area contributed by atoms with Crippen LogP contribution in [-0.2, 0) is 6.54 Å². The maximum atomic E-state index is 12.5. The van der Waals surface area contributed by atoms with Crippen molar-refractivity contribution >= 4 is 45.8 Å². The van der Waals surface area contributed by atoms with Gasteiger partial charge in [0.2, 0.25) is 0 Å². The molecule has 1 N–H and O–H groups in total. The highest BCUT2D eigenvalue weighted by Gasteiger charge is 2.19. The number of fused-ring (bicyclic) bond motifs is 1. The van der Waals surface area contributed by atoms with Gasteiger partial charge in [0.25, 0.3) is 5.91 Å². The topological polar surface area (TPSA) is 59.8 Å². The highest BCUT2D eigenvalue weighted by molar-refractivity contribution is 6.39. The van der Waals surface area contributed by atoms with Crippen molar-refractivity contribution in [1.29, 1.82) is 0 Å². The lowest BCUT2D eigenvalue weighted by molar-refractivity contribution is 0.102. The fourth-order valence-corrected chi connectivity index (χ4v) is 2.87. The molecule has 0 aliphatic rings. The molecule has 23 heavy (non-hydrogen) atoms. The van der Waals surface area contributed by atoms with Gasteiger partial charge in [0, 0.05) is 23.5 Å². The average molecular weight is 349 g/mol. The van der Waals surface area contributed by atoms with Crippen molar-refractivity contribution in [3.8, 4) is 0 Å². The summed E-state index contributed by atoms with van der Waals surface area (Å²) in [7, 11) is 0. The Morgan fingerprint density at radius 2 is 1.96 bits per heavy atom. The number of aromatic nitrogens is 3. The molecule has 0 unspecified atom stereocenters. The average Bonchev–Trinajstić information content (AvgIpc) is 2.87. The number of amides is 1. The van der Waals surface area contributed by atoms with Crippen LogP contribution < -0.4 is 5.32 Å². The van der Waals surface area contributed by atoms with Crippen LogP contribution in [0, 0.1) is 6.92 Å². The lowest BCUT2D eigenvalue weighted by Gasteiger charge is -2.08. The zero-order chi connectivity index (χ0) is 16.6. The van der Waals surface area contributed by atoms with E-state index in [1.54, 1.807) is 28.9 Å². The molecular weight excluding hydrogens is 335 g/mol. The summed E-state index contributed by atoms with van der Waals surface area (Å²) in [6.07, 6.45) is 1.48. The van der Waals surface area contributed by atoms with Crippen LogP contribution in [0.2, 0.25) is 10.0 Å². The number of anilines is 1. The third-order valence-electron chi connectivity index (χ3n) is 3.52. The monoisotopic (exact) mass is 348 g/mol. The van der Waals surface area contributed by atoms with Crippen LogP contribution in [0.5, 0.6) is 0 Å². The molecule has 0 spiro atoms. The Morgan fingerprint density at radius 3 is 2.61 bits per heavy atom. The summed E-state index contributed by atoms with van der Waals surface area (Å²) in [6.45, 7) is 4.51. The van der Waals surface area contributed by atoms with Gasteiger partial charge in [-0.25, -0.2) is 9.67 Å². The van der Waals surface area contributed by atoms with Crippen molar-refractivity contribution in [1.82, 2.24) is 14.8 Å². The van der Waals surface area contributed by atoms with Gasteiger partial charge < -0.3 is 5.32 Å². The van der Waals surface area contributed by atoms with E-state index in [2.05, 4.69) is 15.4 Å². The Hall–Kier alpha value is -2.11. The van der Waals surface area contributed by atoms with E-state index in [4.69, 9.17) is 23.2 Å². The molecule has 1 aromatic carbocycles. The molecule has 0 fully saturated rings. The summed E-state index contributed by atoms with van der Waals surface area (Å²) >= 11 is 12.3. The molecular formula is C16H14Cl2N4O. The minimum absolute atomic E-state index is 0.313. The molecule has 2 heterocycles. The zero-order valence-electron chi connectivity index (χ0n) is 12.6. The van der Waals surface area contributed by atoms with Gasteiger partial charge in [-0.05, 0) is 38.1 Å². The molecule has 118 valence electrons. The first-order valence-corrected chi connectivity index (χ1v) is 7.85. The molecule has 3 rings (SSSR count). The molecule has 0 saturated carbocycles. The number of carbonyl (C=O) groups is 1. The number of rotatable bonds is 3. The minimum Gasteiger partial charge on any atom is -0.322 e. The number of carbonyl (C=O) groups excluding carboxylic acids is 1. The molecule has 0 aliphatic heterocycles. The summed E-state index contributed by atoms with van der Waals surface area (Å²) in [5.41, 5.74) is 2.38. The fourth-order valence-electron chi connectivity index (χ4n) is 2.38. The number of benzene rings is 1. The molecule has 0 atom stereocenters. The van der Waals surface area contributed by atoms with Crippen LogP contribution in [0.25, 0.3) is 11.0 Å². The highest BCUT2D eigenvalue weighted by atomic mass is 35.5. The Morgan fingerprint density at radius 1 is 1.26 bits per heavy atom. The van der Waals surface area contributed by atoms with E-state index in [-0.39, 0.29) is 5.91 Å². The van der Waals surface area contributed by atoms with Gasteiger partial charge in [-0.2, -0.15) is 5.10 Å². The third kappa shape index (κ3) is 2.90. The van der Waals surface area contributed by atoms with Gasteiger partial charge in [0.05, 0.1) is 21.7 Å². The van der Waals surface area contributed by atoms with Crippen LogP contribution >= 0.6 is 23.2 Å². The molecule has 2 aromatic heterocycles. The van der Waals surface area contributed by atoms with Crippen molar-refractivity contribution in [3.05, 3.63) is 51.8 Å². The Bertz CT molecular complexity index is 887. The van der Waals surface area contributed by atoms with E-state index in [0.29, 0.717) is 38.9 Å². The quantitative estimate of drug-likeness (QED) is 0.766. The molecule has 3 aromatic rings. The number of nitrogens with one attached hydrogen (secondary N) is 1. The third-order valence-corrected chi connectivity index (χ3v) is 4.16. The Kier molecular flexibility index (Phi) is 4.24. The molecule has 0 radical (unpaired) electrons. The van der Waals surface area contributed by atoms with E-state index < -0.39 is 0 Å². The van der Waals surface area contributed by atoms with Crippen molar-refractivity contribution in [2.24, 2.45) is 0 Å². The number of hydrogen-bond donors (Lipinski definition) is 1. The lowest BCUT2D eigenvalue weighted by atomic mass is 10.2. The Balaban J connectivity index is 1.99. The minimum atomic E-state index is -0.324. The van der Waals surface area contributed by atoms with Crippen molar-refractivity contribution < 1.29 is 4.79 Å². The van der Waals surface area contributed by atoms with E-state index in [9.17, 15) is 4.79 Å². The second-order valence-electron chi connectivity index (χ2n) is 5.05. The maximum Gasteiger partial charge on any atom is 0.258 e. The fraction of sp³-hybridized carbons (Fsp3) is 0.188. The molecule has 7 heteroatoms. The first kappa shape index (κ1) is 15.8. The van der Waals surface area contributed by atoms with E-state index in [0.717, 1.165) is 5.69 Å². The van der Waals surface area contributed by atoms with Gasteiger partial charge in [0.1, 0.15) is 0 Å².